The van der Waals surface area contributed by atoms with Crippen LogP contribution in [0.4, 0.5) is 0 Å². The van der Waals surface area contributed by atoms with Gasteiger partial charge in [0.1, 0.15) is 11.5 Å². The summed E-state index contributed by atoms with van der Waals surface area (Å²) >= 11 is 0. The highest BCUT2D eigenvalue weighted by Gasteiger charge is 2.06. The Labute approximate surface area is 170 Å². The van der Waals surface area contributed by atoms with E-state index in [1.165, 1.54) is 0 Å². The summed E-state index contributed by atoms with van der Waals surface area (Å²) in [6, 6.07) is 15.7. The van der Waals surface area contributed by atoms with Crippen molar-refractivity contribution in [2.24, 2.45) is 4.99 Å². The molecule has 3 aromatic rings. The summed E-state index contributed by atoms with van der Waals surface area (Å²) < 4.78 is 10.7. The number of hydrogen-bond acceptors (Lipinski definition) is 4. The minimum absolute atomic E-state index is 0. The summed E-state index contributed by atoms with van der Waals surface area (Å²) in [5.41, 5.74) is 1.80. The van der Waals surface area contributed by atoms with Gasteiger partial charge in [0.25, 0.3) is 0 Å². The van der Waals surface area contributed by atoms with Gasteiger partial charge in [0, 0.05) is 31.1 Å². The summed E-state index contributed by atoms with van der Waals surface area (Å²) in [6.45, 7) is 4.02. The number of guanidine groups is 1. The monoisotopic (exact) mass is 466 g/mol. The fourth-order valence-corrected chi connectivity index (χ4v) is 2.39. The van der Waals surface area contributed by atoms with E-state index in [2.05, 4.69) is 20.8 Å². The van der Waals surface area contributed by atoms with E-state index in [1.807, 2.05) is 55.5 Å². The van der Waals surface area contributed by atoms with Crippen molar-refractivity contribution >= 4 is 29.9 Å². The van der Waals surface area contributed by atoms with Crippen LogP contribution in [0.2, 0.25) is 0 Å². The van der Waals surface area contributed by atoms with Gasteiger partial charge >= 0.3 is 0 Å². The molecule has 0 aliphatic heterocycles. The van der Waals surface area contributed by atoms with Crippen molar-refractivity contribution in [3.05, 3.63) is 66.2 Å². The standard InChI is InChI=1S/C19H22N4O2.HI/c1-2-20-19(21-11-10-17-9-6-12-24-17)22-14-16-13-18(25-23-16)15-7-4-3-5-8-15;/h3-9,12-13H,2,10-11,14H2,1H3,(H2,20,21,22);1H. The summed E-state index contributed by atoms with van der Waals surface area (Å²) in [7, 11) is 0. The van der Waals surface area contributed by atoms with Crippen LogP contribution in [-0.2, 0) is 13.0 Å². The van der Waals surface area contributed by atoms with Gasteiger partial charge in [0.05, 0.1) is 12.8 Å². The lowest BCUT2D eigenvalue weighted by Crippen LogP contribution is -2.38. The highest BCUT2D eigenvalue weighted by atomic mass is 127. The lowest BCUT2D eigenvalue weighted by atomic mass is 10.2. The maximum absolute atomic E-state index is 5.40. The Kier molecular flexibility index (Phi) is 8.20. The highest BCUT2D eigenvalue weighted by molar-refractivity contribution is 14.0. The Bertz CT molecular complexity index is 785. The average Bonchev–Trinajstić information content (AvgIpc) is 3.32. The first kappa shape index (κ1) is 20.0. The third-order valence-corrected chi connectivity index (χ3v) is 3.60. The molecule has 0 radical (unpaired) electrons. The number of nitrogens with zero attached hydrogens (tertiary/aromatic N) is 2. The molecule has 0 bridgehead atoms. The van der Waals surface area contributed by atoms with Crippen LogP contribution < -0.4 is 10.6 Å². The topological polar surface area (TPSA) is 75.6 Å². The molecule has 2 aromatic heterocycles. The minimum Gasteiger partial charge on any atom is -0.469 e. The molecule has 0 unspecified atom stereocenters. The molecule has 0 fully saturated rings. The predicted molar refractivity (Wildman–Crippen MR) is 113 cm³/mol. The number of halogens is 1. The molecule has 0 saturated carbocycles. The Morgan fingerprint density at radius 1 is 1.12 bits per heavy atom. The third kappa shape index (κ3) is 5.91. The van der Waals surface area contributed by atoms with Crippen molar-refractivity contribution in [1.82, 2.24) is 15.8 Å². The van der Waals surface area contributed by atoms with E-state index in [1.54, 1.807) is 6.26 Å². The molecule has 2 N–H and O–H groups in total. The SMILES string of the molecule is CCNC(=NCc1cc(-c2ccccc2)on1)NCCc1ccco1.I. The second kappa shape index (κ2) is 10.6. The average molecular weight is 466 g/mol. The van der Waals surface area contributed by atoms with E-state index in [-0.39, 0.29) is 24.0 Å². The molecule has 0 aliphatic rings. The number of rotatable bonds is 7. The van der Waals surface area contributed by atoms with Crippen molar-refractivity contribution in [2.75, 3.05) is 13.1 Å². The van der Waals surface area contributed by atoms with E-state index in [0.29, 0.717) is 6.54 Å². The maximum atomic E-state index is 5.40. The Morgan fingerprint density at radius 2 is 1.96 bits per heavy atom. The van der Waals surface area contributed by atoms with Crippen LogP contribution in [0.15, 0.2) is 68.7 Å². The molecule has 26 heavy (non-hydrogen) atoms. The van der Waals surface area contributed by atoms with Crippen molar-refractivity contribution in [1.29, 1.82) is 0 Å². The van der Waals surface area contributed by atoms with Crippen LogP contribution in [0.1, 0.15) is 18.4 Å². The quantitative estimate of drug-likeness (QED) is 0.314. The van der Waals surface area contributed by atoms with Gasteiger partial charge in [-0.3, -0.25) is 0 Å². The number of aromatic nitrogens is 1. The van der Waals surface area contributed by atoms with Gasteiger partial charge in [0.15, 0.2) is 11.7 Å². The first-order valence-corrected chi connectivity index (χ1v) is 8.40. The zero-order valence-electron chi connectivity index (χ0n) is 14.6. The number of hydrogen-bond donors (Lipinski definition) is 2. The summed E-state index contributed by atoms with van der Waals surface area (Å²) in [5, 5.41) is 10.6. The summed E-state index contributed by atoms with van der Waals surface area (Å²) in [6.07, 6.45) is 2.49. The number of furan rings is 1. The third-order valence-electron chi connectivity index (χ3n) is 3.60. The van der Waals surface area contributed by atoms with E-state index in [4.69, 9.17) is 8.94 Å². The van der Waals surface area contributed by atoms with Crippen LogP contribution in [0.25, 0.3) is 11.3 Å². The van der Waals surface area contributed by atoms with Crippen LogP contribution in [0.3, 0.4) is 0 Å². The van der Waals surface area contributed by atoms with E-state index in [0.717, 1.165) is 48.2 Å². The second-order valence-corrected chi connectivity index (χ2v) is 5.50. The van der Waals surface area contributed by atoms with Crippen LogP contribution in [0, 0.1) is 0 Å². The maximum Gasteiger partial charge on any atom is 0.191 e. The van der Waals surface area contributed by atoms with E-state index < -0.39 is 0 Å². The van der Waals surface area contributed by atoms with Crippen LogP contribution in [-0.4, -0.2) is 24.2 Å². The molecule has 0 saturated heterocycles. The van der Waals surface area contributed by atoms with Crippen molar-refractivity contribution in [3.63, 3.8) is 0 Å². The molecule has 138 valence electrons. The molecule has 0 amide bonds. The zero-order valence-corrected chi connectivity index (χ0v) is 17.0. The second-order valence-electron chi connectivity index (χ2n) is 5.50. The Balaban J connectivity index is 0.00000243. The molecule has 0 atom stereocenters. The van der Waals surface area contributed by atoms with Gasteiger partial charge in [-0.15, -0.1) is 24.0 Å². The molecular weight excluding hydrogens is 443 g/mol. The normalized spacial score (nSPS) is 11.0. The first-order valence-electron chi connectivity index (χ1n) is 8.40. The summed E-state index contributed by atoms with van der Waals surface area (Å²) in [4.78, 5) is 4.55. The largest absolute Gasteiger partial charge is 0.469 e. The molecular formula is C19H23IN4O2. The number of benzene rings is 1. The van der Waals surface area contributed by atoms with E-state index >= 15 is 0 Å². The molecule has 1 aromatic carbocycles. The van der Waals surface area contributed by atoms with Crippen LogP contribution >= 0.6 is 24.0 Å². The van der Waals surface area contributed by atoms with Gasteiger partial charge in [0.2, 0.25) is 0 Å². The van der Waals surface area contributed by atoms with Gasteiger partial charge in [-0.25, -0.2) is 4.99 Å². The number of nitrogens with one attached hydrogen (secondary N) is 2. The zero-order chi connectivity index (χ0) is 17.3. The smallest absolute Gasteiger partial charge is 0.191 e. The van der Waals surface area contributed by atoms with Crippen LogP contribution in [0.5, 0.6) is 0 Å². The molecule has 2 heterocycles. The van der Waals surface area contributed by atoms with Gasteiger partial charge < -0.3 is 19.6 Å². The lowest BCUT2D eigenvalue weighted by molar-refractivity contribution is 0.424. The van der Waals surface area contributed by atoms with Crippen molar-refractivity contribution in [2.45, 2.75) is 19.9 Å². The fraction of sp³-hybridized carbons (Fsp3) is 0.263. The first-order chi connectivity index (χ1) is 12.3. The van der Waals surface area contributed by atoms with Crippen molar-refractivity contribution in [3.8, 4) is 11.3 Å². The van der Waals surface area contributed by atoms with Gasteiger partial charge in [-0.05, 0) is 19.1 Å². The van der Waals surface area contributed by atoms with E-state index in [9.17, 15) is 0 Å². The summed E-state index contributed by atoms with van der Waals surface area (Å²) in [5.74, 6) is 2.45. The highest BCUT2D eigenvalue weighted by Crippen LogP contribution is 2.19. The molecule has 0 spiro atoms. The molecule has 7 heteroatoms. The Hall–Kier alpha value is -2.29. The van der Waals surface area contributed by atoms with Crippen molar-refractivity contribution < 1.29 is 8.94 Å². The Morgan fingerprint density at radius 3 is 2.69 bits per heavy atom. The molecule has 3 rings (SSSR count). The predicted octanol–water partition coefficient (Wildman–Crippen LogP) is 3.85. The van der Waals surface area contributed by atoms with Gasteiger partial charge in [-0.2, -0.15) is 0 Å². The lowest BCUT2D eigenvalue weighted by Gasteiger charge is -2.10. The molecule has 0 aliphatic carbocycles. The number of aliphatic imine (C=N–C) groups is 1. The minimum atomic E-state index is 0. The molecule has 6 nitrogen and oxygen atoms in total. The fourth-order valence-electron chi connectivity index (χ4n) is 2.39. The van der Waals surface area contributed by atoms with Gasteiger partial charge in [-0.1, -0.05) is 35.5 Å².